The Bertz CT molecular complexity index is 718. The van der Waals surface area contributed by atoms with Crippen molar-refractivity contribution in [3.63, 3.8) is 0 Å². The van der Waals surface area contributed by atoms with Gasteiger partial charge in [-0.3, -0.25) is 9.69 Å². The van der Waals surface area contributed by atoms with Gasteiger partial charge in [0.2, 0.25) is 5.91 Å². The molecule has 25 heavy (non-hydrogen) atoms. The average molecular weight is 359 g/mol. The first-order valence-corrected chi connectivity index (χ1v) is 8.89. The number of methoxy groups -OCH3 is 1. The maximum atomic E-state index is 12.5. The quantitative estimate of drug-likeness (QED) is 0.819. The smallest absolute Gasteiger partial charge is 0.224 e. The summed E-state index contributed by atoms with van der Waals surface area (Å²) in [4.78, 5) is 16.7. The average Bonchev–Trinajstić information content (AvgIpc) is 2.80. The molecule has 0 unspecified atom stereocenters. The number of amides is 1. The molecule has 132 valence electrons. The first-order chi connectivity index (χ1) is 12.1. The first-order valence-electron chi connectivity index (χ1n) is 8.51. The van der Waals surface area contributed by atoms with Crippen LogP contribution in [0.4, 0.5) is 0 Å². The van der Waals surface area contributed by atoms with Crippen LogP contribution < -0.4 is 4.74 Å². The van der Waals surface area contributed by atoms with Crippen LogP contribution in [0.15, 0.2) is 48.5 Å². The van der Waals surface area contributed by atoms with Gasteiger partial charge in [0, 0.05) is 44.2 Å². The molecule has 1 fully saturated rings. The van der Waals surface area contributed by atoms with E-state index in [2.05, 4.69) is 4.90 Å². The highest BCUT2D eigenvalue weighted by Crippen LogP contribution is 2.17. The van der Waals surface area contributed by atoms with Crippen LogP contribution in [0.1, 0.15) is 17.5 Å². The van der Waals surface area contributed by atoms with Gasteiger partial charge in [-0.1, -0.05) is 35.9 Å². The predicted molar refractivity (Wildman–Crippen MR) is 99.8 cm³/mol. The predicted octanol–water partition coefficient (Wildman–Crippen LogP) is 3.58. The lowest BCUT2D eigenvalue weighted by atomic mass is 10.2. The van der Waals surface area contributed by atoms with Crippen LogP contribution in [0.2, 0.25) is 5.02 Å². The van der Waals surface area contributed by atoms with E-state index < -0.39 is 0 Å². The minimum absolute atomic E-state index is 0.210. The van der Waals surface area contributed by atoms with Gasteiger partial charge in [-0.15, -0.1) is 0 Å². The van der Waals surface area contributed by atoms with E-state index in [0.717, 1.165) is 42.5 Å². The van der Waals surface area contributed by atoms with Crippen molar-refractivity contribution in [2.24, 2.45) is 0 Å². The summed E-state index contributed by atoms with van der Waals surface area (Å²) in [6, 6.07) is 15.8. The molecule has 0 aromatic heterocycles. The van der Waals surface area contributed by atoms with Crippen molar-refractivity contribution in [3.8, 4) is 5.75 Å². The molecule has 0 saturated carbocycles. The zero-order valence-electron chi connectivity index (χ0n) is 14.5. The molecule has 0 spiro atoms. The van der Waals surface area contributed by atoms with Gasteiger partial charge in [-0.05, 0) is 35.4 Å². The second kappa shape index (κ2) is 8.37. The highest BCUT2D eigenvalue weighted by molar-refractivity contribution is 6.30. The number of nitrogens with zero attached hydrogens (tertiary/aromatic N) is 2. The van der Waals surface area contributed by atoms with Crippen LogP contribution in [-0.4, -0.2) is 42.5 Å². The lowest BCUT2D eigenvalue weighted by molar-refractivity contribution is -0.130. The van der Waals surface area contributed by atoms with Crippen LogP contribution >= 0.6 is 11.6 Å². The second-order valence-electron chi connectivity index (χ2n) is 6.32. The van der Waals surface area contributed by atoms with E-state index in [0.29, 0.717) is 13.0 Å². The summed E-state index contributed by atoms with van der Waals surface area (Å²) in [6.07, 6.45) is 0.553. The standard InChI is InChI=1S/C20H23ClN2O2/c1-25-19-4-2-3-17(13-19)15-23-12-11-22(10-9-20(23)24)14-16-5-7-18(21)8-6-16/h2-8,13H,9-12,14-15H2,1H3. The first kappa shape index (κ1) is 17.8. The zero-order chi connectivity index (χ0) is 17.6. The summed E-state index contributed by atoms with van der Waals surface area (Å²) < 4.78 is 5.27. The molecule has 0 atom stereocenters. The summed E-state index contributed by atoms with van der Waals surface area (Å²) in [5.41, 5.74) is 2.32. The Kier molecular flexibility index (Phi) is 5.95. The number of benzene rings is 2. The Hall–Kier alpha value is -2.04. The lowest BCUT2D eigenvalue weighted by Gasteiger charge is -2.22. The van der Waals surface area contributed by atoms with Crippen molar-refractivity contribution >= 4 is 17.5 Å². The monoisotopic (exact) mass is 358 g/mol. The van der Waals surface area contributed by atoms with E-state index in [4.69, 9.17) is 16.3 Å². The number of hydrogen-bond donors (Lipinski definition) is 0. The van der Waals surface area contributed by atoms with Gasteiger partial charge in [0.15, 0.2) is 0 Å². The summed E-state index contributed by atoms with van der Waals surface area (Å²) in [7, 11) is 1.66. The van der Waals surface area contributed by atoms with E-state index in [1.54, 1.807) is 7.11 Å². The number of carbonyl (C=O) groups is 1. The van der Waals surface area contributed by atoms with Crippen LogP contribution in [0.5, 0.6) is 5.75 Å². The van der Waals surface area contributed by atoms with E-state index in [9.17, 15) is 4.79 Å². The molecule has 0 aliphatic carbocycles. The molecule has 1 heterocycles. The highest BCUT2D eigenvalue weighted by atomic mass is 35.5. The highest BCUT2D eigenvalue weighted by Gasteiger charge is 2.21. The van der Waals surface area contributed by atoms with E-state index in [-0.39, 0.29) is 5.91 Å². The molecule has 1 aliphatic rings. The number of rotatable bonds is 5. The number of hydrogen-bond acceptors (Lipinski definition) is 3. The summed E-state index contributed by atoms with van der Waals surface area (Å²) in [5.74, 6) is 1.03. The normalized spacial score (nSPS) is 15.9. The van der Waals surface area contributed by atoms with E-state index in [1.165, 1.54) is 5.56 Å². The molecule has 4 nitrogen and oxygen atoms in total. The maximum Gasteiger partial charge on any atom is 0.224 e. The van der Waals surface area contributed by atoms with Crippen molar-refractivity contribution < 1.29 is 9.53 Å². The van der Waals surface area contributed by atoms with Gasteiger partial charge in [-0.25, -0.2) is 0 Å². The molecule has 3 rings (SSSR count). The Labute approximate surface area is 154 Å². The van der Waals surface area contributed by atoms with Gasteiger partial charge >= 0.3 is 0 Å². The topological polar surface area (TPSA) is 32.8 Å². The van der Waals surface area contributed by atoms with Crippen LogP contribution in [0, 0.1) is 0 Å². The van der Waals surface area contributed by atoms with Crippen LogP contribution in [0.25, 0.3) is 0 Å². The minimum atomic E-state index is 0.210. The van der Waals surface area contributed by atoms with Crippen LogP contribution in [0.3, 0.4) is 0 Å². The van der Waals surface area contributed by atoms with Gasteiger partial charge in [-0.2, -0.15) is 0 Å². The Balaban J connectivity index is 1.60. The molecule has 2 aromatic rings. The largest absolute Gasteiger partial charge is 0.497 e. The summed E-state index contributed by atoms with van der Waals surface area (Å²) in [5, 5.41) is 0.749. The SMILES string of the molecule is COc1cccc(CN2CCN(Cc3ccc(Cl)cc3)CCC2=O)c1. The molecule has 2 aromatic carbocycles. The molecule has 0 bridgehead atoms. The zero-order valence-corrected chi connectivity index (χ0v) is 15.2. The summed E-state index contributed by atoms with van der Waals surface area (Å²) in [6.45, 7) is 3.88. The molecule has 1 saturated heterocycles. The third-order valence-electron chi connectivity index (χ3n) is 4.51. The lowest BCUT2D eigenvalue weighted by Crippen LogP contribution is -2.32. The third kappa shape index (κ3) is 4.97. The Morgan fingerprint density at radius 2 is 1.80 bits per heavy atom. The maximum absolute atomic E-state index is 12.5. The van der Waals surface area contributed by atoms with Gasteiger partial charge in [0.1, 0.15) is 5.75 Å². The van der Waals surface area contributed by atoms with Crippen LogP contribution in [-0.2, 0) is 17.9 Å². The fraction of sp³-hybridized carbons (Fsp3) is 0.350. The molecule has 0 N–H and O–H groups in total. The van der Waals surface area contributed by atoms with E-state index in [1.807, 2.05) is 53.4 Å². The van der Waals surface area contributed by atoms with Crippen molar-refractivity contribution in [2.75, 3.05) is 26.7 Å². The fourth-order valence-corrected chi connectivity index (χ4v) is 3.20. The minimum Gasteiger partial charge on any atom is -0.497 e. The number of carbonyl (C=O) groups excluding carboxylic acids is 1. The Morgan fingerprint density at radius 3 is 2.56 bits per heavy atom. The molecule has 0 radical (unpaired) electrons. The van der Waals surface area contributed by atoms with Crippen molar-refractivity contribution in [1.29, 1.82) is 0 Å². The number of halogens is 1. The fourth-order valence-electron chi connectivity index (χ4n) is 3.08. The number of ether oxygens (including phenoxy) is 1. The molecule has 1 amide bonds. The second-order valence-corrected chi connectivity index (χ2v) is 6.76. The molecule has 5 heteroatoms. The Morgan fingerprint density at radius 1 is 1.00 bits per heavy atom. The molecular formula is C20H23ClN2O2. The molecular weight excluding hydrogens is 336 g/mol. The van der Waals surface area contributed by atoms with E-state index >= 15 is 0 Å². The van der Waals surface area contributed by atoms with Gasteiger partial charge in [0.25, 0.3) is 0 Å². The van der Waals surface area contributed by atoms with Crippen molar-refractivity contribution in [2.45, 2.75) is 19.5 Å². The van der Waals surface area contributed by atoms with Crippen molar-refractivity contribution in [1.82, 2.24) is 9.80 Å². The van der Waals surface area contributed by atoms with Gasteiger partial charge in [0.05, 0.1) is 7.11 Å². The van der Waals surface area contributed by atoms with Gasteiger partial charge < -0.3 is 9.64 Å². The summed E-state index contributed by atoms with van der Waals surface area (Å²) >= 11 is 5.94. The molecule has 1 aliphatic heterocycles. The van der Waals surface area contributed by atoms with Crippen molar-refractivity contribution in [3.05, 3.63) is 64.7 Å². The third-order valence-corrected chi connectivity index (χ3v) is 4.76.